The lowest BCUT2D eigenvalue weighted by Crippen LogP contribution is -2.33. The van der Waals surface area contributed by atoms with Crippen LogP contribution in [-0.4, -0.2) is 54.8 Å². The molecule has 0 saturated carbocycles. The Bertz CT molecular complexity index is 613. The predicted octanol–water partition coefficient (Wildman–Crippen LogP) is 1.55. The maximum absolute atomic E-state index is 9.84. The van der Waals surface area contributed by atoms with E-state index in [2.05, 4.69) is 15.5 Å². The molecule has 0 aliphatic heterocycles. The minimum atomic E-state index is -0.672. The minimum absolute atomic E-state index is 0.108. The van der Waals surface area contributed by atoms with Gasteiger partial charge in [-0.1, -0.05) is 23.7 Å². The summed E-state index contributed by atoms with van der Waals surface area (Å²) in [6.07, 6.45) is -0.672. The molecule has 7 nitrogen and oxygen atoms in total. The highest BCUT2D eigenvalue weighted by molar-refractivity contribution is 6.29. The van der Waals surface area contributed by atoms with Crippen molar-refractivity contribution in [3.8, 4) is 17.4 Å². The molecule has 130 valence electrons. The van der Waals surface area contributed by atoms with Crippen molar-refractivity contribution in [3.63, 3.8) is 0 Å². The summed E-state index contributed by atoms with van der Waals surface area (Å²) in [6.45, 7) is 1.51. The summed E-state index contributed by atoms with van der Waals surface area (Å²) in [5, 5.41) is 20.6. The molecule has 1 heterocycles. The third kappa shape index (κ3) is 6.19. The minimum Gasteiger partial charge on any atom is -0.493 e. The van der Waals surface area contributed by atoms with Crippen molar-refractivity contribution in [2.75, 3.05) is 33.4 Å². The number of rotatable bonds is 10. The zero-order valence-corrected chi connectivity index (χ0v) is 14.1. The number of nitrogens with one attached hydrogen (secondary N) is 1. The molecule has 2 rings (SSSR count). The van der Waals surface area contributed by atoms with E-state index in [1.54, 1.807) is 19.2 Å². The van der Waals surface area contributed by atoms with Crippen LogP contribution in [0.5, 0.6) is 17.4 Å². The van der Waals surface area contributed by atoms with E-state index < -0.39 is 6.10 Å². The molecule has 1 unspecified atom stereocenters. The van der Waals surface area contributed by atoms with Gasteiger partial charge in [0.05, 0.1) is 7.11 Å². The van der Waals surface area contributed by atoms with Crippen LogP contribution in [0.25, 0.3) is 0 Å². The molecule has 2 aromatic rings. The molecule has 0 aliphatic rings. The maximum atomic E-state index is 9.84. The first-order chi connectivity index (χ1) is 11.7. The van der Waals surface area contributed by atoms with Crippen molar-refractivity contribution in [2.24, 2.45) is 0 Å². The van der Waals surface area contributed by atoms with E-state index in [9.17, 15) is 5.11 Å². The standard InChI is InChI=1S/C16H20ClN3O4/c1-22-13-4-2-3-5-14(13)23-9-8-18-10-12(21)11-24-16-7-6-15(17)19-20-16/h2-7,12,18,21H,8-11H2,1H3. The van der Waals surface area contributed by atoms with Crippen molar-refractivity contribution in [1.82, 2.24) is 15.5 Å². The van der Waals surface area contributed by atoms with Crippen LogP contribution in [0.2, 0.25) is 5.15 Å². The second-order valence-electron chi connectivity index (χ2n) is 4.86. The number of aliphatic hydroxyl groups excluding tert-OH is 1. The molecule has 1 atom stereocenters. The second-order valence-corrected chi connectivity index (χ2v) is 5.25. The zero-order valence-electron chi connectivity index (χ0n) is 13.3. The van der Waals surface area contributed by atoms with Crippen molar-refractivity contribution in [1.29, 1.82) is 0 Å². The lowest BCUT2D eigenvalue weighted by Gasteiger charge is -2.13. The zero-order chi connectivity index (χ0) is 17.2. The molecule has 8 heteroatoms. The van der Waals surface area contributed by atoms with E-state index in [1.165, 1.54) is 0 Å². The van der Waals surface area contributed by atoms with Gasteiger partial charge in [-0.2, -0.15) is 0 Å². The molecular formula is C16H20ClN3O4. The smallest absolute Gasteiger partial charge is 0.233 e. The average Bonchev–Trinajstić information content (AvgIpc) is 2.61. The van der Waals surface area contributed by atoms with E-state index >= 15 is 0 Å². The molecule has 0 bridgehead atoms. The van der Waals surface area contributed by atoms with E-state index in [0.29, 0.717) is 42.2 Å². The molecule has 0 aliphatic carbocycles. The van der Waals surface area contributed by atoms with Crippen LogP contribution in [-0.2, 0) is 0 Å². The van der Waals surface area contributed by atoms with Crippen LogP contribution < -0.4 is 19.5 Å². The van der Waals surface area contributed by atoms with Gasteiger partial charge in [0.1, 0.15) is 19.3 Å². The van der Waals surface area contributed by atoms with Gasteiger partial charge in [-0.15, -0.1) is 10.2 Å². The number of para-hydroxylation sites is 2. The molecule has 0 fully saturated rings. The quantitative estimate of drug-likeness (QED) is 0.627. The monoisotopic (exact) mass is 353 g/mol. The van der Waals surface area contributed by atoms with Crippen LogP contribution in [0.15, 0.2) is 36.4 Å². The fourth-order valence-corrected chi connectivity index (χ4v) is 1.96. The predicted molar refractivity (Wildman–Crippen MR) is 89.9 cm³/mol. The summed E-state index contributed by atoms with van der Waals surface area (Å²) in [6, 6.07) is 10.6. The molecule has 1 aromatic heterocycles. The van der Waals surface area contributed by atoms with Gasteiger partial charge in [-0.25, -0.2) is 0 Å². The largest absolute Gasteiger partial charge is 0.493 e. The first kappa shape index (κ1) is 18.3. The van der Waals surface area contributed by atoms with Gasteiger partial charge < -0.3 is 24.6 Å². The second kappa shape index (κ2) is 9.92. The number of benzene rings is 1. The number of ether oxygens (including phenoxy) is 3. The van der Waals surface area contributed by atoms with Gasteiger partial charge in [0, 0.05) is 19.2 Å². The molecule has 0 amide bonds. The maximum Gasteiger partial charge on any atom is 0.233 e. The van der Waals surface area contributed by atoms with Gasteiger partial charge >= 0.3 is 0 Å². The van der Waals surface area contributed by atoms with Crippen molar-refractivity contribution >= 4 is 11.6 Å². The fraction of sp³-hybridized carbons (Fsp3) is 0.375. The van der Waals surface area contributed by atoms with Crippen LogP contribution in [0.1, 0.15) is 0 Å². The number of aromatic nitrogens is 2. The van der Waals surface area contributed by atoms with Gasteiger partial charge in [0.2, 0.25) is 5.88 Å². The number of hydrogen-bond acceptors (Lipinski definition) is 7. The average molecular weight is 354 g/mol. The summed E-state index contributed by atoms with van der Waals surface area (Å²) in [5.41, 5.74) is 0. The Labute approximate surface area is 145 Å². The first-order valence-electron chi connectivity index (χ1n) is 7.45. The highest BCUT2D eigenvalue weighted by Crippen LogP contribution is 2.25. The van der Waals surface area contributed by atoms with E-state index in [1.807, 2.05) is 24.3 Å². The van der Waals surface area contributed by atoms with Crippen molar-refractivity contribution in [3.05, 3.63) is 41.6 Å². The molecule has 0 spiro atoms. The molecule has 0 radical (unpaired) electrons. The van der Waals surface area contributed by atoms with E-state index in [4.69, 9.17) is 25.8 Å². The third-order valence-electron chi connectivity index (χ3n) is 3.02. The number of nitrogens with zero attached hydrogens (tertiary/aromatic N) is 2. The number of halogens is 1. The Morgan fingerprint density at radius 3 is 2.62 bits per heavy atom. The topological polar surface area (TPSA) is 85.7 Å². The SMILES string of the molecule is COc1ccccc1OCCNCC(O)COc1ccc(Cl)nn1. The van der Waals surface area contributed by atoms with Crippen LogP contribution in [0.4, 0.5) is 0 Å². The summed E-state index contributed by atoms with van der Waals surface area (Å²) in [4.78, 5) is 0. The Hall–Kier alpha value is -2.09. The Balaban J connectivity index is 1.59. The van der Waals surface area contributed by atoms with Gasteiger partial charge in [-0.3, -0.25) is 0 Å². The summed E-state index contributed by atoms with van der Waals surface area (Å²) in [7, 11) is 1.60. The fourth-order valence-electron chi connectivity index (χ4n) is 1.86. The molecular weight excluding hydrogens is 334 g/mol. The number of methoxy groups -OCH3 is 1. The molecule has 2 N–H and O–H groups in total. The third-order valence-corrected chi connectivity index (χ3v) is 3.22. The Kier molecular flexibility index (Phi) is 7.54. The normalized spacial score (nSPS) is 11.8. The van der Waals surface area contributed by atoms with E-state index in [0.717, 1.165) is 0 Å². The van der Waals surface area contributed by atoms with Gasteiger partial charge in [0.15, 0.2) is 16.7 Å². The van der Waals surface area contributed by atoms with Crippen LogP contribution in [0, 0.1) is 0 Å². The highest BCUT2D eigenvalue weighted by atomic mass is 35.5. The summed E-state index contributed by atoms with van der Waals surface area (Å²) < 4.78 is 16.1. The summed E-state index contributed by atoms with van der Waals surface area (Å²) in [5.74, 6) is 1.69. The Morgan fingerprint density at radius 1 is 1.12 bits per heavy atom. The van der Waals surface area contributed by atoms with Gasteiger partial charge in [-0.05, 0) is 18.2 Å². The van der Waals surface area contributed by atoms with Crippen LogP contribution >= 0.6 is 11.6 Å². The van der Waals surface area contributed by atoms with Crippen LogP contribution in [0.3, 0.4) is 0 Å². The van der Waals surface area contributed by atoms with Gasteiger partial charge in [0.25, 0.3) is 0 Å². The summed E-state index contributed by atoms with van der Waals surface area (Å²) >= 11 is 5.63. The Morgan fingerprint density at radius 2 is 1.92 bits per heavy atom. The number of hydrogen-bond donors (Lipinski definition) is 2. The molecule has 24 heavy (non-hydrogen) atoms. The lowest BCUT2D eigenvalue weighted by atomic mass is 10.3. The first-order valence-corrected chi connectivity index (χ1v) is 7.83. The van der Waals surface area contributed by atoms with Crippen molar-refractivity contribution < 1.29 is 19.3 Å². The highest BCUT2D eigenvalue weighted by Gasteiger charge is 2.06. The lowest BCUT2D eigenvalue weighted by molar-refractivity contribution is 0.102. The van der Waals surface area contributed by atoms with E-state index in [-0.39, 0.29) is 6.61 Å². The number of aliphatic hydroxyl groups is 1. The molecule has 1 aromatic carbocycles. The molecule has 0 saturated heterocycles. The van der Waals surface area contributed by atoms with Crippen molar-refractivity contribution in [2.45, 2.75) is 6.10 Å².